The number of benzene rings is 1. The number of nitrogens with two attached hydrogens (primary N) is 1. The Hall–Kier alpha value is -1.39. The van der Waals surface area contributed by atoms with Crippen LogP contribution in [0.3, 0.4) is 0 Å². The highest BCUT2D eigenvalue weighted by Gasteiger charge is 2.25. The van der Waals surface area contributed by atoms with Crippen molar-refractivity contribution in [2.45, 2.75) is 51.4 Å². The predicted molar refractivity (Wildman–Crippen MR) is 78.8 cm³/mol. The van der Waals surface area contributed by atoms with Gasteiger partial charge in [-0.2, -0.15) is 0 Å². The van der Waals surface area contributed by atoms with Crippen LogP contribution in [0.25, 0.3) is 0 Å². The third-order valence-corrected chi connectivity index (χ3v) is 4.56. The summed E-state index contributed by atoms with van der Waals surface area (Å²) >= 11 is 0. The van der Waals surface area contributed by atoms with Crippen molar-refractivity contribution in [1.82, 2.24) is 10.6 Å². The van der Waals surface area contributed by atoms with Gasteiger partial charge in [-0.1, -0.05) is 24.6 Å². The van der Waals surface area contributed by atoms with Crippen molar-refractivity contribution in [3.8, 4) is 0 Å². The summed E-state index contributed by atoms with van der Waals surface area (Å²) in [6.45, 7) is 2.52. The predicted octanol–water partition coefficient (Wildman–Crippen LogP) is 1.42. The molecule has 2 aliphatic rings. The van der Waals surface area contributed by atoms with E-state index < -0.39 is 0 Å². The lowest BCUT2D eigenvalue weighted by Gasteiger charge is -2.15. The molecular formula is C16H23N3O. The minimum atomic E-state index is 0.131. The molecule has 0 aromatic heterocycles. The van der Waals surface area contributed by atoms with E-state index in [1.54, 1.807) is 0 Å². The first-order valence-electron chi connectivity index (χ1n) is 7.56. The van der Waals surface area contributed by atoms with E-state index in [9.17, 15) is 4.79 Å². The highest BCUT2D eigenvalue weighted by Crippen LogP contribution is 2.26. The molecule has 4 nitrogen and oxygen atoms in total. The van der Waals surface area contributed by atoms with Gasteiger partial charge in [-0.25, -0.2) is 0 Å². The van der Waals surface area contributed by atoms with Gasteiger partial charge in [0.05, 0.1) is 0 Å². The highest BCUT2D eigenvalue weighted by molar-refractivity contribution is 5.76. The molecule has 1 aromatic rings. The molecule has 108 valence electrons. The van der Waals surface area contributed by atoms with Crippen LogP contribution in [0, 0.1) is 5.92 Å². The molecule has 1 aliphatic heterocycles. The second-order valence-electron chi connectivity index (χ2n) is 6.04. The maximum Gasteiger partial charge on any atom is 0.220 e. The molecule has 1 fully saturated rings. The SMILES string of the molecule is N[C@@H]1CCC[C@H]1CC(=O)NCc1ccc2c(c1)CNC2. The Bertz CT molecular complexity index is 500. The van der Waals surface area contributed by atoms with E-state index >= 15 is 0 Å². The topological polar surface area (TPSA) is 67.2 Å². The lowest BCUT2D eigenvalue weighted by molar-refractivity contribution is -0.122. The van der Waals surface area contributed by atoms with Crippen LogP contribution in [0.15, 0.2) is 18.2 Å². The Morgan fingerprint density at radius 2 is 2.15 bits per heavy atom. The molecule has 1 amide bonds. The van der Waals surface area contributed by atoms with Crippen molar-refractivity contribution in [3.05, 3.63) is 34.9 Å². The van der Waals surface area contributed by atoms with Gasteiger partial charge in [0.2, 0.25) is 5.91 Å². The second kappa shape index (κ2) is 5.94. The minimum absolute atomic E-state index is 0.131. The van der Waals surface area contributed by atoms with Crippen molar-refractivity contribution >= 4 is 5.91 Å². The molecule has 1 aromatic carbocycles. The van der Waals surface area contributed by atoms with Crippen LogP contribution in [-0.4, -0.2) is 11.9 Å². The third kappa shape index (κ3) is 3.02. The third-order valence-electron chi connectivity index (χ3n) is 4.56. The van der Waals surface area contributed by atoms with Crippen LogP contribution in [0.4, 0.5) is 0 Å². The number of rotatable bonds is 4. The molecule has 0 radical (unpaired) electrons. The number of hydrogen-bond acceptors (Lipinski definition) is 3. The lowest BCUT2D eigenvalue weighted by Crippen LogP contribution is -2.31. The first kappa shape index (κ1) is 13.6. The first-order chi connectivity index (χ1) is 9.72. The molecule has 4 heteroatoms. The molecule has 0 saturated heterocycles. The van der Waals surface area contributed by atoms with Crippen molar-refractivity contribution in [1.29, 1.82) is 0 Å². The number of hydrogen-bond donors (Lipinski definition) is 3. The van der Waals surface area contributed by atoms with E-state index in [-0.39, 0.29) is 11.9 Å². The largest absolute Gasteiger partial charge is 0.352 e. The quantitative estimate of drug-likeness (QED) is 0.777. The Labute approximate surface area is 120 Å². The van der Waals surface area contributed by atoms with E-state index in [4.69, 9.17) is 5.73 Å². The average molecular weight is 273 g/mol. The van der Waals surface area contributed by atoms with Gasteiger partial charge in [0.15, 0.2) is 0 Å². The number of nitrogens with one attached hydrogen (secondary N) is 2. The van der Waals surface area contributed by atoms with Gasteiger partial charge in [0.1, 0.15) is 0 Å². The standard InChI is InChI=1S/C16H23N3O/c17-15-3-1-2-12(15)7-16(20)19-8-11-4-5-13-9-18-10-14(13)6-11/h4-6,12,15,18H,1-3,7-10,17H2,(H,19,20)/t12-,15+/m0/s1. The zero-order valence-electron chi connectivity index (χ0n) is 11.8. The van der Waals surface area contributed by atoms with Crippen LogP contribution in [0.1, 0.15) is 42.4 Å². The molecule has 1 aliphatic carbocycles. The van der Waals surface area contributed by atoms with E-state index in [0.717, 1.165) is 32.4 Å². The van der Waals surface area contributed by atoms with Gasteiger partial charge in [-0.3, -0.25) is 4.79 Å². The van der Waals surface area contributed by atoms with Crippen molar-refractivity contribution in [2.75, 3.05) is 0 Å². The first-order valence-corrected chi connectivity index (χ1v) is 7.56. The number of carbonyl (C=O) groups excluding carboxylic acids is 1. The van der Waals surface area contributed by atoms with E-state index in [1.165, 1.54) is 16.7 Å². The molecule has 3 rings (SSSR count). The Morgan fingerprint density at radius 3 is 2.95 bits per heavy atom. The fourth-order valence-electron chi connectivity index (χ4n) is 3.29. The van der Waals surface area contributed by atoms with E-state index in [0.29, 0.717) is 18.9 Å². The van der Waals surface area contributed by atoms with Gasteiger partial charge in [0, 0.05) is 32.1 Å². The van der Waals surface area contributed by atoms with Gasteiger partial charge in [0.25, 0.3) is 0 Å². The summed E-state index contributed by atoms with van der Waals surface area (Å²) in [5, 5.41) is 6.35. The molecule has 2 atom stereocenters. The Morgan fingerprint density at radius 1 is 1.30 bits per heavy atom. The molecule has 1 saturated carbocycles. The van der Waals surface area contributed by atoms with Gasteiger partial charge in [-0.15, -0.1) is 0 Å². The molecule has 0 unspecified atom stereocenters. The minimum Gasteiger partial charge on any atom is -0.352 e. The van der Waals surface area contributed by atoms with Crippen LogP contribution in [0.2, 0.25) is 0 Å². The highest BCUT2D eigenvalue weighted by atomic mass is 16.1. The summed E-state index contributed by atoms with van der Waals surface area (Å²) in [6, 6.07) is 6.67. The van der Waals surface area contributed by atoms with Crippen LogP contribution >= 0.6 is 0 Å². The zero-order chi connectivity index (χ0) is 13.9. The van der Waals surface area contributed by atoms with Crippen molar-refractivity contribution in [3.63, 3.8) is 0 Å². The lowest BCUT2D eigenvalue weighted by atomic mass is 10.00. The fourth-order valence-corrected chi connectivity index (χ4v) is 3.29. The van der Waals surface area contributed by atoms with Gasteiger partial charge >= 0.3 is 0 Å². The molecule has 1 heterocycles. The molecule has 4 N–H and O–H groups in total. The monoisotopic (exact) mass is 273 g/mol. The Kier molecular flexibility index (Phi) is 4.03. The maximum absolute atomic E-state index is 12.0. The van der Waals surface area contributed by atoms with Gasteiger partial charge < -0.3 is 16.4 Å². The normalized spacial score (nSPS) is 24.6. The fraction of sp³-hybridized carbons (Fsp3) is 0.562. The average Bonchev–Trinajstić information content (AvgIpc) is 3.05. The maximum atomic E-state index is 12.0. The van der Waals surface area contributed by atoms with Crippen LogP contribution < -0.4 is 16.4 Å². The van der Waals surface area contributed by atoms with Crippen LogP contribution in [-0.2, 0) is 24.4 Å². The summed E-state index contributed by atoms with van der Waals surface area (Å²) in [4.78, 5) is 12.0. The summed E-state index contributed by atoms with van der Waals surface area (Å²) < 4.78 is 0. The Balaban J connectivity index is 1.50. The van der Waals surface area contributed by atoms with E-state index in [1.807, 2.05) is 0 Å². The smallest absolute Gasteiger partial charge is 0.220 e. The summed E-state index contributed by atoms with van der Waals surface area (Å²) in [5.41, 5.74) is 9.91. The zero-order valence-corrected chi connectivity index (χ0v) is 11.8. The van der Waals surface area contributed by atoms with Crippen molar-refractivity contribution in [2.24, 2.45) is 11.7 Å². The summed E-state index contributed by atoms with van der Waals surface area (Å²) in [5.74, 6) is 0.505. The number of carbonyl (C=O) groups is 1. The van der Waals surface area contributed by atoms with E-state index in [2.05, 4.69) is 28.8 Å². The molecule has 20 heavy (non-hydrogen) atoms. The molecule has 0 bridgehead atoms. The number of amides is 1. The summed E-state index contributed by atoms with van der Waals surface area (Å²) in [6.07, 6.45) is 3.90. The van der Waals surface area contributed by atoms with Crippen LogP contribution in [0.5, 0.6) is 0 Å². The molecular weight excluding hydrogens is 250 g/mol. The summed E-state index contributed by atoms with van der Waals surface area (Å²) in [7, 11) is 0. The van der Waals surface area contributed by atoms with Crippen molar-refractivity contribution < 1.29 is 4.79 Å². The molecule has 0 spiro atoms. The second-order valence-corrected chi connectivity index (χ2v) is 6.04. The van der Waals surface area contributed by atoms with Gasteiger partial charge in [-0.05, 0) is 35.4 Å². The number of fused-ring (bicyclic) bond motifs is 1.